The molecule has 139 heavy (non-hydrogen) atoms. The summed E-state index contributed by atoms with van der Waals surface area (Å²) in [5.74, 6) is -4.50. The molecule has 1 atom stereocenters. The van der Waals surface area contributed by atoms with Gasteiger partial charge in [0.1, 0.15) is 35.6 Å². The van der Waals surface area contributed by atoms with E-state index in [1.54, 1.807) is 51.1 Å². The van der Waals surface area contributed by atoms with Crippen molar-refractivity contribution >= 4 is 136 Å². The number of benzene rings is 9. The van der Waals surface area contributed by atoms with Gasteiger partial charge in [-0.3, -0.25) is 19.3 Å². The van der Waals surface area contributed by atoms with Gasteiger partial charge in [0.05, 0.1) is 27.8 Å². The SMILES string of the molecule is Cc1ccc2c(c1)[Si]1(CCCCC1)c1cc(OS(=O)(=O)C(F)(F)F)ccc1C21OC(=O)c2ccc(C(=O)OC(C)(C)C)cc21.O=C(NCCN1C(=O)C=CC1=O)c1ccc2c(c1)C1(OC2=O)c2ccc(N3CCCCC3)cc2[Si]2(CCCCC2)c2cc(N3CCCCC3)ccc21.O=C(O)c1ccc2c(c1)C1(OC2=O)c2ccc(N3CCCCC3)cc2[Si]2(CCCCC2)c2cc(N3CCCCC3)ccc21. The fraction of sp³-hybridized carbons (Fsp3) is 0.418. The van der Waals surface area contributed by atoms with E-state index in [1.165, 1.54) is 226 Å². The number of alkyl halides is 3. The third-order valence-corrected chi connectivity index (χ3v) is 49.2. The second-order valence-electron chi connectivity index (χ2n) is 41.5. The van der Waals surface area contributed by atoms with Crippen molar-refractivity contribution in [2.24, 2.45) is 0 Å². The molecule has 14 heterocycles. The number of aryl methyl sites for hydroxylation is 1. The Labute approximate surface area is 811 Å². The third kappa shape index (κ3) is 15.8. The first-order chi connectivity index (χ1) is 66.9. The first-order valence-electron chi connectivity index (χ1n) is 50.2. The Kier molecular flexibility index (Phi) is 24.2. The minimum atomic E-state index is -5.92. The summed E-state index contributed by atoms with van der Waals surface area (Å²) < 4.78 is 93.8. The highest BCUT2D eigenvalue weighted by Gasteiger charge is 2.64. The van der Waals surface area contributed by atoms with Crippen LogP contribution in [0.2, 0.25) is 36.3 Å². The Morgan fingerprint density at radius 3 is 1.07 bits per heavy atom. The molecule has 722 valence electrons. The van der Waals surface area contributed by atoms with Gasteiger partial charge in [-0.1, -0.05) is 112 Å². The molecular formula is C110H117F3N6O16SSi3. The number of carboxylic acid groups (broad SMARTS) is 1. The lowest BCUT2D eigenvalue weighted by Crippen LogP contribution is -2.67. The number of nitrogens with zero attached hydrogens (tertiary/aromatic N) is 5. The van der Waals surface area contributed by atoms with E-state index in [2.05, 4.69) is 108 Å². The average Bonchev–Trinajstić information content (AvgIpc) is 1.60. The van der Waals surface area contributed by atoms with Gasteiger partial charge >= 0.3 is 45.5 Å². The summed E-state index contributed by atoms with van der Waals surface area (Å²) in [6, 6.07) is 58.8. The monoisotopic (exact) mass is 1950 g/mol. The summed E-state index contributed by atoms with van der Waals surface area (Å²) in [6.07, 6.45) is 27.4. The first kappa shape index (κ1) is 93.4. The van der Waals surface area contributed by atoms with Gasteiger partial charge in [0, 0.05) is 156 Å². The lowest BCUT2D eigenvalue weighted by Gasteiger charge is -2.49. The fourth-order valence-electron chi connectivity index (χ4n) is 25.9. The molecule has 29 heteroatoms. The predicted molar refractivity (Wildman–Crippen MR) is 534 cm³/mol. The molecule has 23 rings (SSSR count). The van der Waals surface area contributed by atoms with Crippen molar-refractivity contribution in [2.45, 2.75) is 227 Å². The highest BCUT2D eigenvalue weighted by Crippen LogP contribution is 2.57. The van der Waals surface area contributed by atoms with Gasteiger partial charge in [0.25, 0.3) is 17.7 Å². The number of hydrogen-bond donors (Lipinski definition) is 2. The van der Waals surface area contributed by atoms with Crippen molar-refractivity contribution < 1.29 is 88.2 Å². The summed E-state index contributed by atoms with van der Waals surface area (Å²) in [4.78, 5) is 116. The molecule has 9 aromatic rings. The number of anilines is 4. The zero-order chi connectivity index (χ0) is 96.5. The van der Waals surface area contributed by atoms with Crippen molar-refractivity contribution in [3.63, 3.8) is 0 Å². The highest BCUT2D eigenvalue weighted by molar-refractivity contribution is 7.88. The summed E-state index contributed by atoms with van der Waals surface area (Å²) in [6.45, 7) is 15.9. The molecular weight excluding hydrogens is 1830 g/mol. The largest absolute Gasteiger partial charge is 0.534 e. The normalized spacial score (nSPS) is 21.2. The number of ether oxygens (including phenoxy) is 4. The molecule has 1 unspecified atom stereocenters. The Bertz CT molecular complexity index is 6550. The first-order valence-corrected chi connectivity index (χ1v) is 58.8. The second kappa shape index (κ2) is 36.0. The quantitative estimate of drug-likeness (QED) is 0.0287. The molecule has 6 spiro atoms. The minimum absolute atomic E-state index is 0.0824. The second-order valence-corrected chi connectivity index (χ2v) is 55.8. The van der Waals surface area contributed by atoms with Gasteiger partial charge in [-0.15, -0.1) is 0 Å². The number of piperidine rings is 4. The number of imide groups is 1. The van der Waals surface area contributed by atoms with Gasteiger partial charge in [-0.2, -0.15) is 21.6 Å². The van der Waals surface area contributed by atoms with Crippen LogP contribution in [0, 0.1) is 6.92 Å². The molecule has 7 fully saturated rings. The molecule has 9 aromatic carbocycles. The number of carboxylic acids is 1. The van der Waals surface area contributed by atoms with E-state index in [0.29, 0.717) is 44.1 Å². The van der Waals surface area contributed by atoms with E-state index >= 15 is 0 Å². The molecule has 22 nitrogen and oxygen atoms in total. The number of fused-ring (bicyclic) bond motifs is 24. The van der Waals surface area contributed by atoms with E-state index in [9.17, 15) is 65.1 Å². The molecule has 14 aliphatic heterocycles. The van der Waals surface area contributed by atoms with Crippen LogP contribution in [0.5, 0.6) is 5.75 Å². The van der Waals surface area contributed by atoms with Crippen LogP contribution in [0.1, 0.15) is 273 Å². The van der Waals surface area contributed by atoms with E-state index in [-0.39, 0.29) is 59.4 Å². The van der Waals surface area contributed by atoms with Gasteiger partial charge in [-0.05, 0) is 287 Å². The molecule has 7 saturated heterocycles. The van der Waals surface area contributed by atoms with Crippen LogP contribution >= 0.6 is 0 Å². The summed E-state index contributed by atoms with van der Waals surface area (Å²) in [7, 11) is -13.2. The number of rotatable bonds is 12. The smallest absolute Gasteiger partial charge is 0.478 e. The molecule has 0 radical (unpaired) electrons. The maximum Gasteiger partial charge on any atom is 0.534 e. The molecule has 0 aromatic heterocycles. The summed E-state index contributed by atoms with van der Waals surface area (Å²) >= 11 is 0. The molecule has 3 amide bonds. The Morgan fingerprint density at radius 2 is 0.712 bits per heavy atom. The standard InChI is InChI=1S/C42H46N4O5Si.C36H40N2O4Si.C32H31F3O7SSi/c47-38-16-17-39(48)46(38)23-18-43-40(49)29-10-13-32-35(26-29)42(51-41(32)50)33-14-11-30(44-19-4-1-5-20-44)27-36(33)52(24-8-3-9-25-52)37-28-31(12-15-34(37)42)45-21-6-2-7-22-45;39-34(40)25-10-13-28-31(22-25)36(42-35(28)41)29-14-11-26(37-16-4-1-5-17-37)23-32(29)43(20-8-3-9-21-43)33-24-27(12-15-30(33)36)38-18-6-2-7-19-38;1-19-8-12-23-26(16-19)44(14-6-5-7-15-44)27-18-21(42-43(38,39)32(33,34)35)10-13-24(27)31(23)25-17-20(28(36)40-30(2,3)4)9-11-22(25)29(37)41-31/h10-17,26-28H,1-9,18-25H2,(H,43,49);10-15,22-24H,1-9,16-21H2,(H,39,40);8-13,16-18H,5-7,14-15H2,1-4H3. The molecule has 14 aliphatic rings. The van der Waals surface area contributed by atoms with Gasteiger partial charge < -0.3 is 53.2 Å². The zero-order valence-electron chi connectivity index (χ0n) is 79.3. The molecule has 0 aliphatic carbocycles. The topological polar surface area (TPSA) is 265 Å². The van der Waals surface area contributed by atoms with Crippen LogP contribution in [0.3, 0.4) is 0 Å². The van der Waals surface area contributed by atoms with Crippen molar-refractivity contribution in [3.05, 3.63) is 265 Å². The Hall–Kier alpha value is -11.9. The van der Waals surface area contributed by atoms with E-state index in [4.69, 9.17) is 18.9 Å². The number of nitrogens with one attached hydrogen (secondary N) is 1. The van der Waals surface area contributed by atoms with Crippen LogP contribution in [-0.4, -0.2) is 167 Å². The van der Waals surface area contributed by atoms with E-state index in [0.717, 1.165) is 133 Å². The molecule has 0 bridgehead atoms. The number of esters is 4. The van der Waals surface area contributed by atoms with Crippen molar-refractivity contribution in [1.29, 1.82) is 0 Å². The van der Waals surface area contributed by atoms with Gasteiger partial charge in [0.2, 0.25) is 0 Å². The number of hydrogen-bond acceptors (Lipinski definition) is 19. The third-order valence-electron chi connectivity index (χ3n) is 32.3. The van der Waals surface area contributed by atoms with E-state index < -0.39 is 85.9 Å². The number of carbonyl (C=O) groups excluding carboxylic acids is 7. The van der Waals surface area contributed by atoms with Crippen molar-refractivity contribution in [3.8, 4) is 5.75 Å². The van der Waals surface area contributed by atoms with Crippen LogP contribution in [0.4, 0.5) is 35.9 Å². The van der Waals surface area contributed by atoms with Crippen LogP contribution in [0.25, 0.3) is 0 Å². The Morgan fingerprint density at radius 1 is 0.396 bits per heavy atom. The maximum absolute atomic E-state index is 14.0. The van der Waals surface area contributed by atoms with Crippen molar-refractivity contribution in [1.82, 2.24) is 10.2 Å². The molecule has 2 N–H and O–H groups in total. The molecule has 0 saturated carbocycles. The summed E-state index contributed by atoms with van der Waals surface area (Å²) in [5.41, 5.74) is 5.16. The van der Waals surface area contributed by atoms with E-state index in [1.807, 2.05) is 25.1 Å². The lowest BCUT2D eigenvalue weighted by molar-refractivity contribution is -0.136. The van der Waals surface area contributed by atoms with Gasteiger partial charge in [-0.25, -0.2) is 24.0 Å². The van der Waals surface area contributed by atoms with Crippen LogP contribution in [-0.2, 0) is 55.5 Å². The highest BCUT2D eigenvalue weighted by atomic mass is 32.2. The number of carbonyl (C=O) groups is 8. The fourth-order valence-corrected chi connectivity index (χ4v) is 43.6. The maximum atomic E-state index is 14.0. The van der Waals surface area contributed by atoms with Crippen molar-refractivity contribution in [2.75, 3.05) is 85.0 Å². The number of aromatic carboxylic acids is 1. The minimum Gasteiger partial charge on any atom is -0.478 e. The Balaban J connectivity index is 0.000000125. The zero-order valence-corrected chi connectivity index (χ0v) is 83.1. The van der Waals surface area contributed by atoms with Crippen LogP contribution < -0.4 is 60.2 Å². The predicted octanol–water partition coefficient (Wildman–Crippen LogP) is 16.4. The number of amides is 3. The summed E-state index contributed by atoms with van der Waals surface area (Å²) in [5, 5.41) is 20.1. The van der Waals surface area contributed by atoms with Gasteiger partial charge in [0.15, 0.2) is 16.8 Å². The lowest BCUT2D eigenvalue weighted by atomic mass is 9.78. The number of halogens is 3. The average molecular weight is 1950 g/mol. The van der Waals surface area contributed by atoms with Crippen LogP contribution in [0.15, 0.2) is 176 Å².